The molecule has 6 nitrogen and oxygen atoms in total. The number of halogens is 3. The molecule has 1 heterocycles. The fraction of sp³-hybridized carbons (Fsp3) is 0.125. The second kappa shape index (κ2) is 8.00. The van der Waals surface area contributed by atoms with Gasteiger partial charge in [-0.15, -0.1) is 0 Å². The van der Waals surface area contributed by atoms with Gasteiger partial charge in [-0.2, -0.15) is 13.2 Å². The molecule has 10 heteroatoms. The van der Waals surface area contributed by atoms with Gasteiger partial charge in [-0.3, -0.25) is 4.79 Å². The summed E-state index contributed by atoms with van der Waals surface area (Å²) < 4.78 is 66.9. The molecule has 1 aromatic heterocycles. The zero-order chi connectivity index (χ0) is 19.2. The number of nitrogens with zero attached hydrogens (tertiary/aromatic N) is 1. The summed E-state index contributed by atoms with van der Waals surface area (Å²) >= 11 is 0. The molecular formula is C16H13F3N2O4S. The molecule has 2 rings (SSSR count). The Morgan fingerprint density at radius 3 is 2.50 bits per heavy atom. The normalized spacial score (nSPS) is 12.1. The Morgan fingerprint density at radius 2 is 1.85 bits per heavy atom. The first-order valence-corrected chi connectivity index (χ1v) is 8.66. The highest BCUT2D eigenvalue weighted by Crippen LogP contribution is 2.20. The minimum Gasteiger partial charge on any atom is -0.482 e. The summed E-state index contributed by atoms with van der Waals surface area (Å²) in [5.74, 6) is -1.69. The van der Waals surface area contributed by atoms with Gasteiger partial charge in [-0.25, -0.2) is 18.1 Å². The third kappa shape index (κ3) is 6.20. The van der Waals surface area contributed by atoms with Crippen LogP contribution in [-0.4, -0.2) is 32.1 Å². The molecule has 0 radical (unpaired) electrons. The minimum absolute atomic E-state index is 0.482. The molecule has 138 valence electrons. The lowest BCUT2D eigenvalue weighted by Crippen LogP contribution is -2.30. The standard InChI is InChI=1S/C16H13F3N2O4S/c17-16(18,19)11-25-13-7-4-9-20-14(13)15(22)21-26(23,24)10-8-12-5-2-1-3-6-12/h1-10H,11H2,(H,21,22)/b10-8+. The van der Waals surface area contributed by atoms with E-state index in [0.717, 1.165) is 17.7 Å². The van der Waals surface area contributed by atoms with Crippen LogP contribution in [0.3, 0.4) is 0 Å². The van der Waals surface area contributed by atoms with Gasteiger partial charge in [-0.1, -0.05) is 30.3 Å². The van der Waals surface area contributed by atoms with Crippen molar-refractivity contribution < 1.29 is 31.1 Å². The predicted octanol–water partition coefficient (Wildman–Crippen LogP) is 2.75. The summed E-state index contributed by atoms with van der Waals surface area (Å²) in [6.45, 7) is -1.64. The number of hydrogen-bond acceptors (Lipinski definition) is 5. The van der Waals surface area contributed by atoms with E-state index in [9.17, 15) is 26.4 Å². The number of ether oxygens (including phenoxy) is 1. The Hall–Kier alpha value is -2.88. The van der Waals surface area contributed by atoms with Crippen LogP contribution in [0.1, 0.15) is 16.1 Å². The molecule has 0 aliphatic carbocycles. The van der Waals surface area contributed by atoms with E-state index in [-0.39, 0.29) is 0 Å². The van der Waals surface area contributed by atoms with Gasteiger partial charge in [0.15, 0.2) is 18.1 Å². The Morgan fingerprint density at radius 1 is 1.15 bits per heavy atom. The number of aromatic nitrogens is 1. The summed E-state index contributed by atoms with van der Waals surface area (Å²) in [5.41, 5.74) is 0.00537. The maximum atomic E-state index is 12.3. The van der Waals surface area contributed by atoms with Gasteiger partial charge in [0.25, 0.3) is 15.9 Å². The second-order valence-corrected chi connectivity index (χ2v) is 6.51. The third-order valence-electron chi connectivity index (χ3n) is 2.85. The van der Waals surface area contributed by atoms with Crippen molar-refractivity contribution in [2.45, 2.75) is 6.18 Å². The van der Waals surface area contributed by atoms with E-state index < -0.39 is 40.2 Å². The van der Waals surface area contributed by atoms with Crippen LogP contribution in [0.15, 0.2) is 54.1 Å². The number of alkyl halides is 3. The van der Waals surface area contributed by atoms with E-state index in [1.807, 2.05) is 0 Å². The molecule has 0 spiro atoms. The van der Waals surface area contributed by atoms with Gasteiger partial charge in [0.05, 0.1) is 5.41 Å². The Kier molecular flexibility index (Phi) is 5.98. The molecular weight excluding hydrogens is 373 g/mol. The van der Waals surface area contributed by atoms with Crippen molar-refractivity contribution in [2.75, 3.05) is 6.61 Å². The maximum absolute atomic E-state index is 12.3. The SMILES string of the molecule is O=C(NS(=O)(=O)/C=C/c1ccccc1)c1ncccc1OCC(F)(F)F. The molecule has 26 heavy (non-hydrogen) atoms. The van der Waals surface area contributed by atoms with Gasteiger partial charge in [0, 0.05) is 6.20 Å². The Bertz CT molecular complexity index is 897. The van der Waals surface area contributed by atoms with Crippen LogP contribution >= 0.6 is 0 Å². The Labute approximate surface area is 147 Å². The van der Waals surface area contributed by atoms with E-state index in [2.05, 4.69) is 9.72 Å². The van der Waals surface area contributed by atoms with E-state index >= 15 is 0 Å². The van der Waals surface area contributed by atoms with Crippen LogP contribution in [-0.2, 0) is 10.0 Å². The molecule has 1 aromatic carbocycles. The third-order valence-corrected chi connectivity index (χ3v) is 3.82. The van der Waals surface area contributed by atoms with Crippen LogP contribution in [0.25, 0.3) is 6.08 Å². The summed E-state index contributed by atoms with van der Waals surface area (Å²) in [7, 11) is -4.19. The number of hydrogen-bond donors (Lipinski definition) is 1. The summed E-state index contributed by atoms with van der Waals surface area (Å²) in [6.07, 6.45) is -2.23. The number of carbonyl (C=O) groups excluding carboxylic acids is 1. The molecule has 1 amide bonds. The fourth-order valence-electron chi connectivity index (χ4n) is 1.78. The molecule has 0 atom stereocenters. The van der Waals surface area contributed by atoms with Crippen molar-refractivity contribution in [1.29, 1.82) is 0 Å². The number of amides is 1. The molecule has 1 N–H and O–H groups in total. The first-order valence-electron chi connectivity index (χ1n) is 7.11. The van der Waals surface area contributed by atoms with Crippen molar-refractivity contribution in [2.24, 2.45) is 0 Å². The Balaban J connectivity index is 2.13. The maximum Gasteiger partial charge on any atom is 0.422 e. The lowest BCUT2D eigenvalue weighted by molar-refractivity contribution is -0.153. The fourth-order valence-corrected chi connectivity index (χ4v) is 2.54. The molecule has 0 unspecified atom stereocenters. The van der Waals surface area contributed by atoms with Crippen LogP contribution in [0.4, 0.5) is 13.2 Å². The lowest BCUT2D eigenvalue weighted by atomic mass is 10.2. The molecule has 2 aromatic rings. The first-order chi connectivity index (χ1) is 12.2. The van der Waals surface area contributed by atoms with Crippen LogP contribution in [0, 0.1) is 0 Å². The lowest BCUT2D eigenvalue weighted by Gasteiger charge is -2.11. The highest BCUT2D eigenvalue weighted by Gasteiger charge is 2.29. The van der Waals surface area contributed by atoms with Crippen molar-refractivity contribution in [3.63, 3.8) is 0 Å². The molecule has 0 aliphatic heterocycles. The smallest absolute Gasteiger partial charge is 0.422 e. The van der Waals surface area contributed by atoms with E-state index in [4.69, 9.17) is 0 Å². The van der Waals surface area contributed by atoms with Crippen LogP contribution in [0.5, 0.6) is 5.75 Å². The van der Waals surface area contributed by atoms with Crippen molar-refractivity contribution >= 4 is 22.0 Å². The number of carbonyl (C=O) groups is 1. The van der Waals surface area contributed by atoms with Gasteiger partial charge < -0.3 is 4.74 Å². The second-order valence-electron chi connectivity index (χ2n) is 4.94. The monoisotopic (exact) mass is 386 g/mol. The summed E-state index contributed by atoms with van der Waals surface area (Å²) in [5, 5.41) is 0.763. The predicted molar refractivity (Wildman–Crippen MR) is 87.6 cm³/mol. The first kappa shape index (κ1) is 19.4. The zero-order valence-electron chi connectivity index (χ0n) is 13.1. The van der Waals surface area contributed by atoms with Gasteiger partial charge >= 0.3 is 6.18 Å². The molecule has 0 saturated heterocycles. The average molecular weight is 386 g/mol. The number of pyridine rings is 1. The quantitative estimate of drug-likeness (QED) is 0.825. The summed E-state index contributed by atoms with van der Waals surface area (Å²) in [4.78, 5) is 15.7. The zero-order valence-corrected chi connectivity index (χ0v) is 13.9. The molecule has 0 aliphatic rings. The van der Waals surface area contributed by atoms with E-state index in [1.54, 1.807) is 35.1 Å². The van der Waals surface area contributed by atoms with Crippen LogP contribution in [0.2, 0.25) is 0 Å². The molecule has 0 bridgehead atoms. The number of sulfonamides is 1. The topological polar surface area (TPSA) is 85.4 Å². The van der Waals surface area contributed by atoms with Crippen molar-refractivity contribution in [3.8, 4) is 5.75 Å². The van der Waals surface area contributed by atoms with Crippen LogP contribution < -0.4 is 9.46 Å². The van der Waals surface area contributed by atoms with E-state index in [1.165, 1.54) is 12.1 Å². The van der Waals surface area contributed by atoms with Gasteiger partial charge in [0.1, 0.15) is 0 Å². The minimum atomic E-state index is -4.62. The van der Waals surface area contributed by atoms with Crippen molar-refractivity contribution in [3.05, 3.63) is 65.3 Å². The molecule has 0 fully saturated rings. The highest BCUT2D eigenvalue weighted by molar-refractivity contribution is 7.93. The summed E-state index contributed by atoms with van der Waals surface area (Å²) in [6, 6.07) is 10.8. The average Bonchev–Trinajstić information content (AvgIpc) is 2.58. The largest absolute Gasteiger partial charge is 0.482 e. The van der Waals surface area contributed by atoms with Gasteiger partial charge in [-0.05, 0) is 23.8 Å². The van der Waals surface area contributed by atoms with E-state index in [0.29, 0.717) is 5.56 Å². The number of benzene rings is 1. The highest BCUT2D eigenvalue weighted by atomic mass is 32.2. The molecule has 0 saturated carbocycles. The van der Waals surface area contributed by atoms with Gasteiger partial charge in [0.2, 0.25) is 0 Å². The number of rotatable bonds is 6. The van der Waals surface area contributed by atoms with Crippen molar-refractivity contribution in [1.82, 2.24) is 9.71 Å². The number of nitrogens with one attached hydrogen (secondary N) is 1.